The molecule has 1 amide bonds. The molecule has 0 aliphatic rings. The van der Waals surface area contributed by atoms with Gasteiger partial charge in [-0.1, -0.05) is 0 Å². The van der Waals surface area contributed by atoms with Gasteiger partial charge in [0.2, 0.25) is 5.91 Å². The second-order valence-corrected chi connectivity index (χ2v) is 6.59. The summed E-state index contributed by atoms with van der Waals surface area (Å²) in [5, 5.41) is 1.87. The molecule has 0 radical (unpaired) electrons. The molecule has 0 heterocycles. The van der Waals surface area contributed by atoms with Gasteiger partial charge in [0.05, 0.1) is 13.1 Å². The smallest absolute Gasteiger partial charge is 0.277 e. The third-order valence-electron chi connectivity index (χ3n) is 2.28. The van der Waals surface area contributed by atoms with Gasteiger partial charge in [-0.05, 0) is 13.8 Å². The summed E-state index contributed by atoms with van der Waals surface area (Å²) in [7, 11) is -3.66. The predicted octanol–water partition coefficient (Wildman–Crippen LogP) is -0.480. The minimum Gasteiger partial charge on any atom is -0.349 e. The summed E-state index contributed by atoms with van der Waals surface area (Å²) in [6.07, 6.45) is 0.869. The molecule has 8 heteroatoms. The average molecular weight is 258 g/mol. The lowest BCUT2D eigenvalue weighted by Gasteiger charge is -2.23. The fourth-order valence-corrected chi connectivity index (χ4v) is 1.07. The molecule has 0 bridgehead atoms. The Bertz CT molecular complexity index is 365. The van der Waals surface area contributed by atoms with Crippen LogP contribution in [0, 0.1) is 0 Å². The number of amides is 1. The van der Waals surface area contributed by atoms with Crippen LogP contribution in [0.5, 0.6) is 0 Å². The van der Waals surface area contributed by atoms with Crippen molar-refractivity contribution in [1.82, 2.24) is 5.32 Å². The van der Waals surface area contributed by atoms with E-state index in [1.165, 1.54) is 0 Å². The Morgan fingerprint density at radius 3 is 2.12 bits per heavy atom. The lowest BCUT2D eigenvalue weighted by atomic mass is 10.2. The lowest BCUT2D eigenvalue weighted by molar-refractivity contribution is -0.124. The minimum atomic E-state index is -3.66. The topological polar surface area (TPSA) is 89.3 Å². The van der Waals surface area contributed by atoms with Crippen molar-refractivity contribution in [2.24, 2.45) is 5.73 Å². The second kappa shape index (κ2) is 4.62. The summed E-state index contributed by atoms with van der Waals surface area (Å²) >= 11 is 0. The fourth-order valence-electron chi connectivity index (χ4n) is 0.663. The van der Waals surface area contributed by atoms with Gasteiger partial charge in [-0.15, -0.1) is 0 Å². The molecule has 0 rings (SSSR count). The van der Waals surface area contributed by atoms with E-state index in [1.807, 2.05) is 5.32 Å². The van der Waals surface area contributed by atoms with E-state index in [0.29, 0.717) is 0 Å². The highest BCUT2D eigenvalue weighted by Crippen LogP contribution is 2.16. The Kier molecular flexibility index (Phi) is 4.40. The number of carbonyl (C=O) groups is 1. The van der Waals surface area contributed by atoms with Crippen LogP contribution in [0.2, 0.25) is 0 Å². The molecule has 96 valence electrons. The van der Waals surface area contributed by atoms with Gasteiger partial charge in [0.15, 0.2) is 9.84 Å². The molecular formula is C8H16F2N2O3S. The molecule has 0 aliphatic carbocycles. The first kappa shape index (κ1) is 15.2. The predicted molar refractivity (Wildman–Crippen MR) is 55.9 cm³/mol. The van der Waals surface area contributed by atoms with E-state index in [2.05, 4.69) is 0 Å². The molecule has 0 atom stereocenters. The van der Waals surface area contributed by atoms with Crippen molar-refractivity contribution in [1.29, 1.82) is 0 Å². The SMILES string of the molecule is CC(C)(C(=O)NCC(F)(F)CN)S(C)(=O)=O. The van der Waals surface area contributed by atoms with Gasteiger partial charge < -0.3 is 11.1 Å². The van der Waals surface area contributed by atoms with Gasteiger partial charge in [0.1, 0.15) is 4.75 Å². The molecule has 0 saturated carbocycles. The largest absolute Gasteiger partial charge is 0.349 e. The molecule has 0 aromatic carbocycles. The van der Waals surface area contributed by atoms with Gasteiger partial charge in [-0.25, -0.2) is 17.2 Å². The first-order chi connectivity index (χ1) is 6.94. The summed E-state index contributed by atoms with van der Waals surface area (Å²) < 4.78 is 46.1. The Morgan fingerprint density at radius 1 is 1.38 bits per heavy atom. The van der Waals surface area contributed by atoms with E-state index >= 15 is 0 Å². The molecule has 0 aliphatic heterocycles. The van der Waals surface area contributed by atoms with Crippen LogP contribution in [0.4, 0.5) is 8.78 Å². The average Bonchev–Trinajstić information content (AvgIpc) is 2.12. The van der Waals surface area contributed by atoms with Crippen molar-refractivity contribution in [2.75, 3.05) is 19.3 Å². The maximum Gasteiger partial charge on any atom is 0.277 e. The first-order valence-electron chi connectivity index (χ1n) is 4.50. The molecule has 5 nitrogen and oxygen atoms in total. The highest BCUT2D eigenvalue weighted by atomic mass is 32.2. The van der Waals surface area contributed by atoms with Crippen LogP contribution < -0.4 is 11.1 Å². The summed E-state index contributed by atoms with van der Waals surface area (Å²) in [5.74, 6) is -4.20. The zero-order valence-corrected chi connectivity index (χ0v) is 10.2. The summed E-state index contributed by atoms with van der Waals surface area (Å²) in [6, 6.07) is 0. The number of carbonyl (C=O) groups excluding carboxylic acids is 1. The van der Waals surface area contributed by atoms with Crippen molar-refractivity contribution in [3.8, 4) is 0 Å². The van der Waals surface area contributed by atoms with E-state index < -0.39 is 39.5 Å². The van der Waals surface area contributed by atoms with Crippen LogP contribution >= 0.6 is 0 Å². The number of sulfone groups is 1. The van der Waals surface area contributed by atoms with Crippen LogP contribution in [-0.2, 0) is 14.6 Å². The van der Waals surface area contributed by atoms with Crippen LogP contribution in [-0.4, -0.2) is 44.3 Å². The number of hydrogen-bond acceptors (Lipinski definition) is 4. The number of hydrogen-bond donors (Lipinski definition) is 2. The maximum absolute atomic E-state index is 12.7. The van der Waals surface area contributed by atoms with Crippen molar-refractivity contribution in [3.05, 3.63) is 0 Å². The Balaban J connectivity index is 4.63. The number of nitrogens with one attached hydrogen (secondary N) is 1. The summed E-state index contributed by atoms with van der Waals surface area (Å²) in [6.45, 7) is 0.421. The normalized spacial score (nSPS) is 13.6. The summed E-state index contributed by atoms with van der Waals surface area (Å²) in [4.78, 5) is 11.4. The molecule has 16 heavy (non-hydrogen) atoms. The zero-order valence-electron chi connectivity index (χ0n) is 9.38. The molecule has 0 unspecified atom stereocenters. The van der Waals surface area contributed by atoms with E-state index in [0.717, 1.165) is 20.1 Å². The van der Waals surface area contributed by atoms with Crippen LogP contribution in [0.15, 0.2) is 0 Å². The molecule has 3 N–H and O–H groups in total. The second-order valence-electron chi connectivity index (χ2n) is 4.03. The van der Waals surface area contributed by atoms with Crippen LogP contribution in [0.25, 0.3) is 0 Å². The van der Waals surface area contributed by atoms with Crippen LogP contribution in [0.3, 0.4) is 0 Å². The number of rotatable bonds is 5. The van der Waals surface area contributed by atoms with E-state index in [9.17, 15) is 22.0 Å². The van der Waals surface area contributed by atoms with Crippen molar-refractivity contribution in [3.63, 3.8) is 0 Å². The van der Waals surface area contributed by atoms with E-state index in [-0.39, 0.29) is 0 Å². The van der Waals surface area contributed by atoms with E-state index in [4.69, 9.17) is 5.73 Å². The molecule has 0 aromatic heterocycles. The van der Waals surface area contributed by atoms with Crippen LogP contribution in [0.1, 0.15) is 13.8 Å². The maximum atomic E-state index is 12.7. The Labute approximate surface area is 93.3 Å². The monoisotopic (exact) mass is 258 g/mol. The van der Waals surface area contributed by atoms with Gasteiger partial charge in [0.25, 0.3) is 5.92 Å². The molecule has 0 saturated heterocycles. The molecule has 0 spiro atoms. The van der Waals surface area contributed by atoms with Gasteiger partial charge in [-0.3, -0.25) is 4.79 Å². The standard InChI is InChI=1S/C8H16F2N2O3S/c1-7(2,16(3,14)15)6(13)12-5-8(9,10)4-11/h4-5,11H2,1-3H3,(H,12,13). The molecule has 0 fully saturated rings. The summed E-state index contributed by atoms with van der Waals surface area (Å²) in [5.41, 5.74) is 4.77. The van der Waals surface area contributed by atoms with Crippen molar-refractivity contribution < 1.29 is 22.0 Å². The highest BCUT2D eigenvalue weighted by molar-refractivity contribution is 7.92. The van der Waals surface area contributed by atoms with Crippen molar-refractivity contribution in [2.45, 2.75) is 24.5 Å². The fraction of sp³-hybridized carbons (Fsp3) is 0.875. The third kappa shape index (κ3) is 3.67. The van der Waals surface area contributed by atoms with Crippen molar-refractivity contribution >= 4 is 15.7 Å². The quantitative estimate of drug-likeness (QED) is 0.697. The molecule has 0 aromatic rings. The third-order valence-corrected chi connectivity index (χ3v) is 4.32. The highest BCUT2D eigenvalue weighted by Gasteiger charge is 2.39. The van der Waals surface area contributed by atoms with Gasteiger partial charge in [-0.2, -0.15) is 0 Å². The lowest BCUT2D eigenvalue weighted by Crippen LogP contribution is -2.51. The zero-order chi connectivity index (χ0) is 13.2. The van der Waals surface area contributed by atoms with E-state index in [1.54, 1.807) is 0 Å². The number of nitrogens with two attached hydrogens (primary N) is 1. The van der Waals surface area contributed by atoms with Gasteiger partial charge in [0, 0.05) is 6.26 Å². The Hall–Kier alpha value is -0.760. The van der Waals surface area contributed by atoms with Gasteiger partial charge >= 0.3 is 0 Å². The Morgan fingerprint density at radius 2 is 1.81 bits per heavy atom. The minimum absolute atomic E-state index is 0.869. The first-order valence-corrected chi connectivity index (χ1v) is 6.39. The number of alkyl halides is 2. The molecular weight excluding hydrogens is 242 g/mol. The number of halogens is 2.